The van der Waals surface area contributed by atoms with Crippen LogP contribution < -0.4 is 19.6 Å². The molecule has 6 nitrogen and oxygen atoms in total. The summed E-state index contributed by atoms with van der Waals surface area (Å²) < 4.78 is 57.7. The maximum absolute atomic E-state index is 14.5. The quantitative estimate of drug-likeness (QED) is 0.123. The molecule has 0 unspecified atom stereocenters. The van der Waals surface area contributed by atoms with E-state index in [0.29, 0.717) is 16.3 Å². The third-order valence-electron chi connectivity index (χ3n) is 7.36. The number of nitrogens with zero attached hydrogens (tertiary/aromatic N) is 2. The van der Waals surface area contributed by atoms with Crippen molar-refractivity contribution in [3.05, 3.63) is 139 Å². The van der Waals surface area contributed by atoms with Crippen LogP contribution in [0.15, 0.2) is 99.9 Å². The van der Waals surface area contributed by atoms with E-state index in [1.54, 1.807) is 6.08 Å². The highest BCUT2D eigenvalue weighted by atomic mass is 127. The molecule has 6 rings (SSSR count). The molecule has 0 spiro atoms. The van der Waals surface area contributed by atoms with E-state index in [2.05, 4.69) is 50.2 Å². The second-order valence-electron chi connectivity index (χ2n) is 10.3. The molecular weight excluding hydrogens is 879 g/mol. The van der Waals surface area contributed by atoms with Gasteiger partial charge in [0.25, 0.3) is 5.56 Å². The number of benzene rings is 4. The van der Waals surface area contributed by atoms with Crippen molar-refractivity contribution in [3.8, 4) is 5.75 Å². The molecule has 1 aromatic heterocycles. The Morgan fingerprint density at radius 1 is 1.06 bits per heavy atom. The van der Waals surface area contributed by atoms with Gasteiger partial charge in [-0.05, 0) is 104 Å². The van der Waals surface area contributed by atoms with Gasteiger partial charge in [-0.25, -0.2) is 9.79 Å². The Hall–Kier alpha value is -3.21. The summed E-state index contributed by atoms with van der Waals surface area (Å²) >= 11 is 11.2. The van der Waals surface area contributed by atoms with E-state index in [4.69, 9.17) is 21.1 Å². The first-order valence-electron chi connectivity index (χ1n) is 14.1. The van der Waals surface area contributed by atoms with Gasteiger partial charge >= 0.3 is 12.1 Å². The van der Waals surface area contributed by atoms with E-state index >= 15 is 0 Å². The first kappa shape index (κ1) is 33.7. The lowest BCUT2D eigenvalue weighted by Gasteiger charge is -2.26. The van der Waals surface area contributed by atoms with E-state index < -0.39 is 35.0 Å². The van der Waals surface area contributed by atoms with Crippen LogP contribution in [0.25, 0.3) is 16.8 Å². The molecule has 240 valence electrons. The fourth-order valence-electron chi connectivity index (χ4n) is 5.35. The van der Waals surface area contributed by atoms with Crippen molar-refractivity contribution in [2.45, 2.75) is 25.7 Å². The smallest absolute Gasteiger partial charge is 0.434 e. The maximum atomic E-state index is 14.5. The topological polar surface area (TPSA) is 69.9 Å². The monoisotopic (exact) mass is 900 g/mol. The van der Waals surface area contributed by atoms with Gasteiger partial charge in [-0.1, -0.05) is 77.5 Å². The third-order valence-corrected chi connectivity index (χ3v) is 10.0. The van der Waals surface area contributed by atoms with Gasteiger partial charge in [0.1, 0.15) is 12.4 Å². The molecule has 2 heterocycles. The molecule has 5 aromatic rings. The van der Waals surface area contributed by atoms with Gasteiger partial charge < -0.3 is 9.47 Å². The lowest BCUT2D eigenvalue weighted by atomic mass is 9.95. The Balaban J connectivity index is 1.52. The fraction of sp³-hybridized carbons (Fsp3) is 0.147. The molecule has 0 saturated carbocycles. The van der Waals surface area contributed by atoms with Crippen molar-refractivity contribution in [1.29, 1.82) is 0 Å². The summed E-state index contributed by atoms with van der Waals surface area (Å²) in [4.78, 5) is 30.9. The standard InChI is InChI=1S/C34H22ClF3I2N2O4S/c1-2-45-32(44)27-28(19-10-12-22(35)13-11-19)42-31(43)26(47-33(42)41-30(27)34(36,37)38)15-21-14-23(39)16-25(40)29(21)46-17-20-8-5-7-18-6-3-4-9-24(18)20/h3-16,28H,2,17H2,1H3/b26-15-/t28-/m0/s1. The highest BCUT2D eigenvalue weighted by molar-refractivity contribution is 14.1. The Bertz CT molecular complexity index is 2240. The Kier molecular flexibility index (Phi) is 9.84. The summed E-state index contributed by atoms with van der Waals surface area (Å²) in [5, 5.41) is 2.46. The predicted molar refractivity (Wildman–Crippen MR) is 192 cm³/mol. The van der Waals surface area contributed by atoms with Crippen LogP contribution in [0.2, 0.25) is 5.02 Å². The summed E-state index contributed by atoms with van der Waals surface area (Å²) in [6.07, 6.45) is -3.41. The number of thiazole rings is 1. The number of alkyl halides is 3. The molecule has 0 fully saturated rings. The summed E-state index contributed by atoms with van der Waals surface area (Å²) in [5.74, 6) is -0.698. The number of halogens is 6. The minimum atomic E-state index is -5.00. The second-order valence-corrected chi connectivity index (χ2v) is 14.2. The Morgan fingerprint density at radius 2 is 1.79 bits per heavy atom. The van der Waals surface area contributed by atoms with E-state index in [1.165, 1.54) is 31.2 Å². The van der Waals surface area contributed by atoms with Crippen LogP contribution in [0.1, 0.15) is 29.7 Å². The van der Waals surface area contributed by atoms with Gasteiger partial charge in [0.15, 0.2) is 10.5 Å². The minimum Gasteiger partial charge on any atom is -0.487 e. The lowest BCUT2D eigenvalue weighted by Crippen LogP contribution is -2.41. The molecule has 0 bridgehead atoms. The largest absolute Gasteiger partial charge is 0.487 e. The number of allylic oxidation sites excluding steroid dienone is 1. The predicted octanol–water partition coefficient (Wildman–Crippen LogP) is 7.94. The van der Waals surface area contributed by atoms with Gasteiger partial charge in [0, 0.05) is 14.2 Å². The molecule has 13 heteroatoms. The van der Waals surface area contributed by atoms with Crippen molar-refractivity contribution in [2.75, 3.05) is 6.61 Å². The van der Waals surface area contributed by atoms with Crippen LogP contribution in [0.5, 0.6) is 5.75 Å². The van der Waals surface area contributed by atoms with E-state index in [9.17, 15) is 22.8 Å². The number of esters is 1. The number of ether oxygens (including phenoxy) is 2. The van der Waals surface area contributed by atoms with Crippen LogP contribution in [0.3, 0.4) is 0 Å². The highest BCUT2D eigenvalue weighted by Gasteiger charge is 2.45. The normalized spacial score (nSPS) is 15.0. The van der Waals surface area contributed by atoms with Gasteiger partial charge in [-0.15, -0.1) is 0 Å². The molecule has 0 aliphatic carbocycles. The first-order chi connectivity index (χ1) is 22.5. The van der Waals surface area contributed by atoms with Crippen molar-refractivity contribution >= 4 is 90.9 Å². The number of hydrogen-bond donors (Lipinski definition) is 0. The van der Waals surface area contributed by atoms with Crippen molar-refractivity contribution in [1.82, 2.24) is 4.57 Å². The average Bonchev–Trinajstić information content (AvgIpc) is 3.34. The second kappa shape index (κ2) is 13.7. The van der Waals surface area contributed by atoms with E-state index in [1.807, 2.05) is 54.6 Å². The van der Waals surface area contributed by atoms with Crippen LogP contribution in [-0.2, 0) is 16.1 Å². The summed E-state index contributed by atoms with van der Waals surface area (Å²) in [5.41, 5.74) is -1.03. The van der Waals surface area contributed by atoms with E-state index in [-0.39, 0.29) is 28.1 Å². The molecule has 1 aliphatic heterocycles. The summed E-state index contributed by atoms with van der Waals surface area (Å²) in [7, 11) is 0. The molecule has 4 aromatic carbocycles. The molecule has 1 aliphatic rings. The number of fused-ring (bicyclic) bond motifs is 2. The summed E-state index contributed by atoms with van der Waals surface area (Å²) in [6.45, 7) is 1.56. The summed E-state index contributed by atoms with van der Waals surface area (Å²) in [6, 6.07) is 22.1. The number of hydrogen-bond acceptors (Lipinski definition) is 6. The zero-order valence-corrected chi connectivity index (χ0v) is 30.2. The Labute approximate surface area is 302 Å². The number of carbonyl (C=O) groups excluding carboxylic acids is 1. The van der Waals surface area contributed by atoms with Crippen LogP contribution in [-0.4, -0.2) is 23.3 Å². The molecule has 0 N–H and O–H groups in total. The number of carbonyl (C=O) groups is 1. The van der Waals surface area contributed by atoms with Gasteiger partial charge in [-0.3, -0.25) is 9.36 Å². The van der Waals surface area contributed by atoms with Gasteiger partial charge in [0.2, 0.25) is 0 Å². The average molecular weight is 901 g/mol. The zero-order chi connectivity index (χ0) is 33.5. The molecule has 0 amide bonds. The van der Waals surface area contributed by atoms with Crippen molar-refractivity contribution < 1.29 is 27.4 Å². The minimum absolute atomic E-state index is 0.113. The van der Waals surface area contributed by atoms with Gasteiger partial charge in [-0.2, -0.15) is 13.2 Å². The molecular formula is C34H22ClF3I2N2O4S. The highest BCUT2D eigenvalue weighted by Crippen LogP contribution is 2.38. The molecule has 0 saturated heterocycles. The van der Waals surface area contributed by atoms with E-state index in [0.717, 1.165) is 39.4 Å². The number of rotatable bonds is 7. The number of aromatic nitrogens is 1. The SMILES string of the molecule is CCOC(=O)C1=C(C(F)(F)F)N=c2s/c(=C\c3cc(I)cc(I)c3OCc3cccc4ccccc34)c(=O)n2[C@H]1c1ccc(Cl)cc1. The van der Waals surface area contributed by atoms with Crippen molar-refractivity contribution in [3.63, 3.8) is 0 Å². The van der Waals surface area contributed by atoms with Crippen LogP contribution in [0.4, 0.5) is 13.2 Å². The molecule has 0 radical (unpaired) electrons. The van der Waals surface area contributed by atoms with Crippen LogP contribution >= 0.6 is 68.1 Å². The molecule has 47 heavy (non-hydrogen) atoms. The van der Waals surface area contributed by atoms with Crippen LogP contribution in [0, 0.1) is 7.14 Å². The third kappa shape index (κ3) is 6.87. The Morgan fingerprint density at radius 3 is 2.51 bits per heavy atom. The first-order valence-corrected chi connectivity index (χ1v) is 17.5. The zero-order valence-electron chi connectivity index (χ0n) is 24.3. The lowest BCUT2D eigenvalue weighted by molar-refractivity contribution is -0.140. The fourth-order valence-corrected chi connectivity index (χ4v) is 8.51. The van der Waals surface area contributed by atoms with Crippen molar-refractivity contribution in [2.24, 2.45) is 4.99 Å². The van der Waals surface area contributed by atoms with Gasteiger partial charge in [0.05, 0.1) is 26.3 Å². The molecule has 1 atom stereocenters. The maximum Gasteiger partial charge on any atom is 0.434 e.